The van der Waals surface area contributed by atoms with Crippen LogP contribution >= 0.6 is 11.6 Å². The highest BCUT2D eigenvalue weighted by Gasteiger charge is 2.18. The number of para-hydroxylation sites is 1. The standard InChI is InChI=1S/C18H14ClNO3/c1-20(11-12-6-8-14(19)9-7-12)17(21)15-10-13-4-2-3-5-16(13)23-18(15)22/h2-10H,11H2,1H3. The zero-order chi connectivity index (χ0) is 16.4. The second-order valence-electron chi connectivity index (χ2n) is 5.27. The Morgan fingerprint density at radius 2 is 1.83 bits per heavy atom. The van der Waals surface area contributed by atoms with Crippen molar-refractivity contribution in [2.45, 2.75) is 6.54 Å². The summed E-state index contributed by atoms with van der Waals surface area (Å²) in [4.78, 5) is 26.0. The van der Waals surface area contributed by atoms with Crippen LogP contribution < -0.4 is 5.63 Å². The van der Waals surface area contributed by atoms with E-state index in [0.29, 0.717) is 17.2 Å². The van der Waals surface area contributed by atoms with Crippen molar-refractivity contribution >= 4 is 28.5 Å². The minimum absolute atomic E-state index is 0.0279. The van der Waals surface area contributed by atoms with Crippen molar-refractivity contribution in [3.05, 3.63) is 81.2 Å². The molecule has 23 heavy (non-hydrogen) atoms. The fourth-order valence-corrected chi connectivity index (χ4v) is 2.48. The van der Waals surface area contributed by atoms with Crippen molar-refractivity contribution in [1.82, 2.24) is 4.90 Å². The molecule has 0 saturated carbocycles. The molecule has 1 aromatic heterocycles. The first-order valence-corrected chi connectivity index (χ1v) is 7.45. The number of rotatable bonds is 3. The molecule has 5 heteroatoms. The van der Waals surface area contributed by atoms with E-state index in [2.05, 4.69) is 0 Å². The normalized spacial score (nSPS) is 10.7. The van der Waals surface area contributed by atoms with Gasteiger partial charge >= 0.3 is 5.63 Å². The quantitative estimate of drug-likeness (QED) is 0.689. The Bertz CT molecular complexity index is 915. The minimum Gasteiger partial charge on any atom is -0.422 e. The van der Waals surface area contributed by atoms with Crippen LogP contribution in [-0.2, 0) is 6.54 Å². The predicted octanol–water partition coefficient (Wildman–Crippen LogP) is 3.72. The van der Waals surface area contributed by atoms with E-state index in [1.165, 1.54) is 4.90 Å². The molecule has 0 unspecified atom stereocenters. The molecule has 1 heterocycles. The average Bonchev–Trinajstić information content (AvgIpc) is 2.55. The lowest BCUT2D eigenvalue weighted by atomic mass is 10.1. The van der Waals surface area contributed by atoms with E-state index in [-0.39, 0.29) is 11.5 Å². The van der Waals surface area contributed by atoms with Crippen LogP contribution in [0.15, 0.2) is 63.8 Å². The van der Waals surface area contributed by atoms with Crippen LogP contribution in [0, 0.1) is 0 Å². The van der Waals surface area contributed by atoms with Gasteiger partial charge in [-0.1, -0.05) is 41.9 Å². The predicted molar refractivity (Wildman–Crippen MR) is 89.7 cm³/mol. The van der Waals surface area contributed by atoms with Gasteiger partial charge in [0.15, 0.2) is 0 Å². The van der Waals surface area contributed by atoms with E-state index in [1.54, 1.807) is 43.4 Å². The first-order valence-electron chi connectivity index (χ1n) is 7.07. The van der Waals surface area contributed by atoms with Crippen molar-refractivity contribution in [3.63, 3.8) is 0 Å². The van der Waals surface area contributed by atoms with E-state index in [4.69, 9.17) is 16.0 Å². The summed E-state index contributed by atoms with van der Waals surface area (Å²) in [5.41, 5.74) is 0.793. The van der Waals surface area contributed by atoms with Crippen molar-refractivity contribution in [1.29, 1.82) is 0 Å². The summed E-state index contributed by atoms with van der Waals surface area (Å²) in [6.07, 6.45) is 0. The maximum absolute atomic E-state index is 12.5. The molecule has 0 aliphatic heterocycles. The Morgan fingerprint density at radius 3 is 2.57 bits per heavy atom. The molecular formula is C18H14ClNO3. The van der Waals surface area contributed by atoms with E-state index in [0.717, 1.165) is 10.9 Å². The molecule has 0 atom stereocenters. The largest absolute Gasteiger partial charge is 0.422 e. The summed E-state index contributed by atoms with van der Waals surface area (Å²) in [5.74, 6) is -0.376. The van der Waals surface area contributed by atoms with E-state index in [1.807, 2.05) is 18.2 Å². The topological polar surface area (TPSA) is 50.5 Å². The van der Waals surface area contributed by atoms with Gasteiger partial charge < -0.3 is 9.32 Å². The van der Waals surface area contributed by atoms with Gasteiger partial charge in [-0.3, -0.25) is 4.79 Å². The first-order chi connectivity index (χ1) is 11.0. The minimum atomic E-state index is -0.628. The number of hydrogen-bond donors (Lipinski definition) is 0. The maximum Gasteiger partial charge on any atom is 0.349 e. The highest BCUT2D eigenvalue weighted by Crippen LogP contribution is 2.15. The smallest absolute Gasteiger partial charge is 0.349 e. The third-order valence-electron chi connectivity index (χ3n) is 3.55. The van der Waals surface area contributed by atoms with Gasteiger partial charge in [0.05, 0.1) is 0 Å². The summed E-state index contributed by atoms with van der Waals surface area (Å²) >= 11 is 5.85. The maximum atomic E-state index is 12.5. The van der Waals surface area contributed by atoms with Gasteiger partial charge in [0.1, 0.15) is 11.1 Å². The number of fused-ring (bicyclic) bond motifs is 1. The van der Waals surface area contributed by atoms with Crippen molar-refractivity contribution in [3.8, 4) is 0 Å². The Kier molecular flexibility index (Phi) is 4.17. The van der Waals surface area contributed by atoms with Gasteiger partial charge in [-0.05, 0) is 29.8 Å². The number of carbonyl (C=O) groups is 1. The lowest BCUT2D eigenvalue weighted by Crippen LogP contribution is -2.30. The molecule has 0 aliphatic carbocycles. The number of amides is 1. The molecule has 4 nitrogen and oxygen atoms in total. The molecule has 1 amide bonds. The zero-order valence-electron chi connectivity index (χ0n) is 12.5. The molecule has 0 aliphatic rings. The number of carbonyl (C=O) groups excluding carboxylic acids is 1. The molecule has 0 saturated heterocycles. The molecule has 3 aromatic rings. The molecule has 2 aromatic carbocycles. The highest BCUT2D eigenvalue weighted by molar-refractivity contribution is 6.30. The van der Waals surface area contributed by atoms with Gasteiger partial charge in [-0.2, -0.15) is 0 Å². The molecule has 0 radical (unpaired) electrons. The zero-order valence-corrected chi connectivity index (χ0v) is 13.2. The Labute approximate surface area is 137 Å². The SMILES string of the molecule is CN(Cc1ccc(Cl)cc1)C(=O)c1cc2ccccc2oc1=O. The van der Waals surface area contributed by atoms with E-state index >= 15 is 0 Å². The molecular weight excluding hydrogens is 314 g/mol. The fourth-order valence-electron chi connectivity index (χ4n) is 2.35. The van der Waals surface area contributed by atoms with E-state index in [9.17, 15) is 9.59 Å². The third kappa shape index (κ3) is 3.27. The van der Waals surface area contributed by atoms with Gasteiger partial charge in [0.25, 0.3) is 5.91 Å². The van der Waals surface area contributed by atoms with Crippen molar-refractivity contribution in [2.75, 3.05) is 7.05 Å². The number of halogens is 1. The second kappa shape index (κ2) is 6.26. The van der Waals surface area contributed by atoms with Crippen LogP contribution in [0.3, 0.4) is 0 Å². The van der Waals surface area contributed by atoms with Gasteiger partial charge in [0.2, 0.25) is 0 Å². The van der Waals surface area contributed by atoms with Crippen LogP contribution in [0.2, 0.25) is 5.02 Å². The van der Waals surface area contributed by atoms with Crippen molar-refractivity contribution in [2.24, 2.45) is 0 Å². The highest BCUT2D eigenvalue weighted by atomic mass is 35.5. The summed E-state index contributed by atoms with van der Waals surface area (Å²) in [7, 11) is 1.64. The molecule has 0 bridgehead atoms. The second-order valence-corrected chi connectivity index (χ2v) is 5.71. The lowest BCUT2D eigenvalue weighted by molar-refractivity contribution is 0.0781. The van der Waals surface area contributed by atoms with Crippen LogP contribution in [0.25, 0.3) is 11.0 Å². The monoisotopic (exact) mass is 327 g/mol. The third-order valence-corrected chi connectivity index (χ3v) is 3.80. The number of nitrogens with zero attached hydrogens (tertiary/aromatic N) is 1. The van der Waals surface area contributed by atoms with Gasteiger partial charge in [-0.25, -0.2) is 4.79 Å². The van der Waals surface area contributed by atoms with Crippen LogP contribution in [-0.4, -0.2) is 17.9 Å². The number of benzene rings is 2. The average molecular weight is 328 g/mol. The Balaban J connectivity index is 1.88. The van der Waals surface area contributed by atoms with E-state index < -0.39 is 5.63 Å². The van der Waals surface area contributed by atoms with Crippen molar-refractivity contribution < 1.29 is 9.21 Å². The summed E-state index contributed by atoms with van der Waals surface area (Å²) in [6, 6.07) is 15.9. The molecule has 116 valence electrons. The lowest BCUT2D eigenvalue weighted by Gasteiger charge is -2.17. The van der Waals surface area contributed by atoms with Gasteiger partial charge in [-0.15, -0.1) is 0 Å². The summed E-state index contributed by atoms with van der Waals surface area (Å²) in [5, 5.41) is 1.35. The first kappa shape index (κ1) is 15.3. The van der Waals surface area contributed by atoms with Crippen LogP contribution in [0.4, 0.5) is 0 Å². The van der Waals surface area contributed by atoms with Crippen LogP contribution in [0.1, 0.15) is 15.9 Å². The summed E-state index contributed by atoms with van der Waals surface area (Å²) < 4.78 is 5.21. The summed E-state index contributed by atoms with van der Waals surface area (Å²) in [6.45, 7) is 0.377. The number of hydrogen-bond acceptors (Lipinski definition) is 3. The van der Waals surface area contributed by atoms with Gasteiger partial charge in [0, 0.05) is 24.0 Å². The van der Waals surface area contributed by atoms with Crippen LogP contribution in [0.5, 0.6) is 0 Å². The molecule has 0 fully saturated rings. The Hall–Kier alpha value is -2.59. The molecule has 0 N–H and O–H groups in total. The fraction of sp³-hybridized carbons (Fsp3) is 0.111. The molecule has 3 rings (SSSR count). The molecule has 0 spiro atoms. The Morgan fingerprint density at radius 1 is 1.13 bits per heavy atom.